The van der Waals surface area contributed by atoms with Crippen molar-refractivity contribution in [2.24, 2.45) is 0 Å². The molecular formula is C26H27ClN2O5S. The van der Waals surface area contributed by atoms with Crippen LogP contribution in [0.25, 0.3) is 0 Å². The number of carbonyl (C=O) groups excluding carboxylic acids is 1. The zero-order valence-electron chi connectivity index (χ0n) is 19.7. The average molecular weight is 515 g/mol. The molecule has 0 radical (unpaired) electrons. The first-order valence-electron chi connectivity index (χ1n) is 11.2. The van der Waals surface area contributed by atoms with Gasteiger partial charge in [-0.1, -0.05) is 42.8 Å². The maximum absolute atomic E-state index is 13.5. The van der Waals surface area contributed by atoms with Crippen molar-refractivity contribution >= 4 is 33.2 Å². The number of ether oxygens (including phenoxy) is 2. The number of aryl methyl sites for hydroxylation is 1. The van der Waals surface area contributed by atoms with Crippen molar-refractivity contribution in [2.75, 3.05) is 18.0 Å². The molecule has 0 aliphatic carbocycles. The van der Waals surface area contributed by atoms with Crippen LogP contribution in [0.1, 0.15) is 30.5 Å². The molecule has 0 spiro atoms. The number of halogens is 1. The number of benzene rings is 3. The number of carbonyl (C=O) groups is 1. The lowest BCUT2D eigenvalue weighted by Gasteiger charge is -2.35. The fraction of sp³-hybridized carbons (Fsp3) is 0.269. The first kappa shape index (κ1) is 24.9. The molecule has 0 saturated carbocycles. The molecule has 1 aliphatic rings. The molecule has 1 N–H and O–H groups in total. The normalized spacial score (nSPS) is 16.1. The second-order valence-electron chi connectivity index (χ2n) is 8.26. The third-order valence-corrected chi connectivity index (χ3v) is 8.02. The van der Waals surface area contributed by atoms with Gasteiger partial charge in [0.25, 0.3) is 15.9 Å². The number of hydrogen-bond acceptors (Lipinski definition) is 5. The second kappa shape index (κ2) is 10.2. The SMILES string of the molecule is CC[C@@H](NC(=O)[C@H]1CN(S(=O)(=O)c2ccc(Cl)cc2)c2ccccc2O1)c1ccc(OC)c(C)c1. The Labute approximate surface area is 210 Å². The van der Waals surface area contributed by atoms with Gasteiger partial charge in [-0.05, 0) is 66.9 Å². The van der Waals surface area contributed by atoms with Crippen molar-refractivity contribution in [3.8, 4) is 11.5 Å². The van der Waals surface area contributed by atoms with E-state index in [1.165, 1.54) is 28.6 Å². The molecule has 1 heterocycles. The minimum atomic E-state index is -3.96. The van der Waals surface area contributed by atoms with E-state index in [-0.39, 0.29) is 17.5 Å². The number of anilines is 1. The molecular weight excluding hydrogens is 488 g/mol. The molecule has 0 aromatic heterocycles. The van der Waals surface area contributed by atoms with Gasteiger partial charge in [0, 0.05) is 5.02 Å². The molecule has 1 amide bonds. The van der Waals surface area contributed by atoms with E-state index in [1.54, 1.807) is 31.4 Å². The number of methoxy groups -OCH3 is 1. The van der Waals surface area contributed by atoms with E-state index in [1.807, 2.05) is 32.0 Å². The summed E-state index contributed by atoms with van der Waals surface area (Å²) in [5, 5.41) is 3.46. The Morgan fingerprint density at radius 1 is 1.17 bits per heavy atom. The van der Waals surface area contributed by atoms with E-state index in [0.29, 0.717) is 22.9 Å². The first-order chi connectivity index (χ1) is 16.7. The van der Waals surface area contributed by atoms with Crippen molar-refractivity contribution in [2.45, 2.75) is 37.3 Å². The summed E-state index contributed by atoms with van der Waals surface area (Å²) in [5.41, 5.74) is 2.27. The van der Waals surface area contributed by atoms with E-state index in [0.717, 1.165) is 16.9 Å². The Balaban J connectivity index is 1.61. The summed E-state index contributed by atoms with van der Waals surface area (Å²) < 4.78 is 39.5. The largest absolute Gasteiger partial charge is 0.496 e. The lowest BCUT2D eigenvalue weighted by Crippen LogP contribution is -2.51. The maximum Gasteiger partial charge on any atom is 0.264 e. The lowest BCUT2D eigenvalue weighted by atomic mass is 10.0. The number of nitrogens with one attached hydrogen (secondary N) is 1. The molecule has 0 saturated heterocycles. The van der Waals surface area contributed by atoms with Gasteiger partial charge in [0.1, 0.15) is 11.5 Å². The zero-order chi connectivity index (χ0) is 25.2. The molecule has 2 atom stereocenters. The van der Waals surface area contributed by atoms with Gasteiger partial charge in [0.15, 0.2) is 6.10 Å². The number of rotatable bonds is 7. The lowest BCUT2D eigenvalue weighted by molar-refractivity contribution is -0.128. The Hall–Kier alpha value is -3.23. The standard InChI is InChI=1S/C26H27ClN2O5S/c1-4-21(18-9-14-23(33-3)17(2)15-18)28-26(30)25-16-29(22-7-5-6-8-24(22)34-25)35(31,32)20-12-10-19(27)11-13-20/h5-15,21,25H,4,16H2,1-3H3,(H,28,30)/t21-,25-/m1/s1. The van der Waals surface area contributed by atoms with E-state index < -0.39 is 22.0 Å². The van der Waals surface area contributed by atoms with Crippen LogP contribution in [-0.2, 0) is 14.8 Å². The topological polar surface area (TPSA) is 84.9 Å². The van der Waals surface area contributed by atoms with Gasteiger partial charge in [-0.15, -0.1) is 0 Å². The molecule has 1 aliphatic heterocycles. The minimum absolute atomic E-state index is 0.0814. The van der Waals surface area contributed by atoms with Gasteiger partial charge in [0.2, 0.25) is 0 Å². The van der Waals surface area contributed by atoms with Gasteiger partial charge in [-0.2, -0.15) is 0 Å². The van der Waals surface area contributed by atoms with Gasteiger partial charge in [0.05, 0.1) is 30.3 Å². The number of nitrogens with zero attached hydrogens (tertiary/aromatic N) is 1. The summed E-state index contributed by atoms with van der Waals surface area (Å²) >= 11 is 5.94. The van der Waals surface area contributed by atoms with Crippen LogP contribution in [0.3, 0.4) is 0 Å². The molecule has 3 aromatic carbocycles. The average Bonchev–Trinajstić information content (AvgIpc) is 2.86. The number of sulfonamides is 1. The van der Waals surface area contributed by atoms with Crippen molar-refractivity contribution in [1.82, 2.24) is 5.32 Å². The van der Waals surface area contributed by atoms with E-state index >= 15 is 0 Å². The fourth-order valence-corrected chi connectivity index (χ4v) is 5.71. The van der Waals surface area contributed by atoms with Gasteiger partial charge < -0.3 is 14.8 Å². The Bertz CT molecular complexity index is 1330. The highest BCUT2D eigenvalue weighted by atomic mass is 35.5. The summed E-state index contributed by atoms with van der Waals surface area (Å²) in [6.07, 6.45) is -0.381. The van der Waals surface area contributed by atoms with Gasteiger partial charge >= 0.3 is 0 Å². The zero-order valence-corrected chi connectivity index (χ0v) is 21.3. The summed E-state index contributed by atoms with van der Waals surface area (Å²) in [5.74, 6) is 0.700. The molecule has 9 heteroatoms. The second-order valence-corrected chi connectivity index (χ2v) is 10.6. The van der Waals surface area contributed by atoms with Gasteiger partial charge in [-0.3, -0.25) is 9.10 Å². The Kier molecular flexibility index (Phi) is 7.23. The predicted octanol–water partition coefficient (Wildman–Crippen LogP) is 4.88. The number of amides is 1. The molecule has 3 aromatic rings. The number of fused-ring (bicyclic) bond motifs is 1. The molecule has 0 unspecified atom stereocenters. The van der Waals surface area contributed by atoms with Crippen LogP contribution in [-0.4, -0.2) is 34.1 Å². The van der Waals surface area contributed by atoms with Crippen LogP contribution in [0.5, 0.6) is 11.5 Å². The summed E-state index contributed by atoms with van der Waals surface area (Å²) in [4.78, 5) is 13.4. The molecule has 184 valence electrons. The Morgan fingerprint density at radius 2 is 1.89 bits per heavy atom. The van der Waals surface area contributed by atoms with Crippen LogP contribution in [0.4, 0.5) is 5.69 Å². The van der Waals surface area contributed by atoms with Crippen LogP contribution >= 0.6 is 11.6 Å². The van der Waals surface area contributed by atoms with Crippen LogP contribution in [0.15, 0.2) is 71.6 Å². The smallest absolute Gasteiger partial charge is 0.264 e. The van der Waals surface area contributed by atoms with Crippen LogP contribution in [0, 0.1) is 6.92 Å². The number of para-hydroxylation sites is 2. The number of hydrogen-bond donors (Lipinski definition) is 1. The van der Waals surface area contributed by atoms with E-state index in [4.69, 9.17) is 21.1 Å². The fourth-order valence-electron chi connectivity index (χ4n) is 4.10. The van der Waals surface area contributed by atoms with Crippen LogP contribution < -0.4 is 19.1 Å². The third kappa shape index (κ3) is 5.09. The molecule has 4 rings (SSSR count). The Morgan fingerprint density at radius 3 is 2.54 bits per heavy atom. The maximum atomic E-state index is 13.5. The third-order valence-electron chi connectivity index (χ3n) is 5.97. The quantitative estimate of drug-likeness (QED) is 0.485. The van der Waals surface area contributed by atoms with Crippen molar-refractivity contribution in [3.63, 3.8) is 0 Å². The first-order valence-corrected chi connectivity index (χ1v) is 13.0. The van der Waals surface area contributed by atoms with E-state index in [2.05, 4.69) is 5.32 Å². The summed E-state index contributed by atoms with van der Waals surface area (Å²) in [6, 6.07) is 18.2. The monoisotopic (exact) mass is 514 g/mol. The highest BCUT2D eigenvalue weighted by Crippen LogP contribution is 2.37. The molecule has 0 fully saturated rings. The molecule has 7 nitrogen and oxygen atoms in total. The van der Waals surface area contributed by atoms with Gasteiger partial charge in [-0.25, -0.2) is 8.42 Å². The van der Waals surface area contributed by atoms with Crippen molar-refractivity contribution < 1.29 is 22.7 Å². The molecule has 35 heavy (non-hydrogen) atoms. The van der Waals surface area contributed by atoms with E-state index in [9.17, 15) is 13.2 Å². The predicted molar refractivity (Wildman–Crippen MR) is 136 cm³/mol. The highest BCUT2D eigenvalue weighted by Gasteiger charge is 2.38. The summed E-state index contributed by atoms with van der Waals surface area (Å²) in [6.45, 7) is 3.75. The van der Waals surface area contributed by atoms with Crippen LogP contribution in [0.2, 0.25) is 5.02 Å². The summed E-state index contributed by atoms with van der Waals surface area (Å²) in [7, 11) is -2.34. The highest BCUT2D eigenvalue weighted by molar-refractivity contribution is 7.92. The van der Waals surface area contributed by atoms with Crippen molar-refractivity contribution in [3.05, 3.63) is 82.9 Å². The van der Waals surface area contributed by atoms with Crippen molar-refractivity contribution in [1.29, 1.82) is 0 Å². The minimum Gasteiger partial charge on any atom is -0.496 e. The molecule has 0 bridgehead atoms.